The Bertz CT molecular complexity index is 912. The SMILES string of the molecule is CCOc1ccc(NC(=O)c2cc(Nc3ccc(OCC)cc3)ncn2)cc1. The molecule has 0 radical (unpaired) electrons. The van der Waals surface area contributed by atoms with Gasteiger partial charge in [-0.15, -0.1) is 0 Å². The molecule has 28 heavy (non-hydrogen) atoms. The van der Waals surface area contributed by atoms with Gasteiger partial charge in [0.2, 0.25) is 0 Å². The summed E-state index contributed by atoms with van der Waals surface area (Å²) in [4.78, 5) is 20.7. The molecule has 1 amide bonds. The minimum Gasteiger partial charge on any atom is -0.494 e. The number of hydrogen-bond donors (Lipinski definition) is 2. The molecule has 2 aromatic carbocycles. The molecule has 144 valence electrons. The Morgan fingerprint density at radius 1 is 0.857 bits per heavy atom. The van der Waals surface area contributed by atoms with Crippen molar-refractivity contribution in [2.45, 2.75) is 13.8 Å². The molecule has 0 aliphatic heterocycles. The summed E-state index contributed by atoms with van der Waals surface area (Å²) in [5.41, 5.74) is 1.76. The number of amides is 1. The summed E-state index contributed by atoms with van der Waals surface area (Å²) in [6.07, 6.45) is 1.35. The van der Waals surface area contributed by atoms with E-state index in [1.54, 1.807) is 30.3 Å². The molecule has 7 nitrogen and oxygen atoms in total. The minimum absolute atomic E-state index is 0.261. The average Bonchev–Trinajstić information content (AvgIpc) is 2.71. The first kappa shape index (κ1) is 19.2. The van der Waals surface area contributed by atoms with Crippen LogP contribution in [0.1, 0.15) is 24.3 Å². The maximum absolute atomic E-state index is 12.5. The van der Waals surface area contributed by atoms with Crippen molar-refractivity contribution in [3.8, 4) is 11.5 Å². The highest BCUT2D eigenvalue weighted by molar-refractivity contribution is 6.03. The van der Waals surface area contributed by atoms with Crippen molar-refractivity contribution < 1.29 is 14.3 Å². The molecule has 3 aromatic rings. The van der Waals surface area contributed by atoms with E-state index in [2.05, 4.69) is 20.6 Å². The molecule has 0 bridgehead atoms. The van der Waals surface area contributed by atoms with E-state index in [1.807, 2.05) is 38.1 Å². The molecule has 1 aromatic heterocycles. The molecule has 3 rings (SSSR count). The van der Waals surface area contributed by atoms with Crippen LogP contribution >= 0.6 is 0 Å². The Labute approximate surface area is 163 Å². The van der Waals surface area contributed by atoms with Crippen LogP contribution in [0, 0.1) is 0 Å². The van der Waals surface area contributed by atoms with E-state index in [0.717, 1.165) is 17.2 Å². The van der Waals surface area contributed by atoms with E-state index in [-0.39, 0.29) is 11.6 Å². The Kier molecular flexibility index (Phi) is 6.41. The topological polar surface area (TPSA) is 85.4 Å². The van der Waals surface area contributed by atoms with Gasteiger partial charge in [0.15, 0.2) is 0 Å². The van der Waals surface area contributed by atoms with Gasteiger partial charge in [0.25, 0.3) is 5.91 Å². The third-order valence-corrected chi connectivity index (χ3v) is 3.76. The number of anilines is 3. The van der Waals surface area contributed by atoms with Crippen molar-refractivity contribution in [3.05, 3.63) is 66.6 Å². The summed E-state index contributed by atoms with van der Waals surface area (Å²) in [7, 11) is 0. The van der Waals surface area contributed by atoms with Crippen LogP contribution in [0.2, 0.25) is 0 Å². The second kappa shape index (κ2) is 9.36. The van der Waals surface area contributed by atoms with Gasteiger partial charge in [0, 0.05) is 17.4 Å². The van der Waals surface area contributed by atoms with E-state index in [0.29, 0.717) is 24.7 Å². The largest absolute Gasteiger partial charge is 0.494 e. The van der Waals surface area contributed by atoms with Gasteiger partial charge in [0.05, 0.1) is 13.2 Å². The lowest BCUT2D eigenvalue weighted by Gasteiger charge is -2.09. The predicted molar refractivity (Wildman–Crippen MR) is 108 cm³/mol. The fourth-order valence-electron chi connectivity index (χ4n) is 2.50. The number of benzene rings is 2. The number of nitrogens with zero attached hydrogens (tertiary/aromatic N) is 2. The molecule has 2 N–H and O–H groups in total. The van der Waals surface area contributed by atoms with Crippen LogP contribution in [-0.2, 0) is 0 Å². The molecule has 0 atom stereocenters. The van der Waals surface area contributed by atoms with E-state index in [4.69, 9.17) is 9.47 Å². The molecule has 0 saturated carbocycles. The summed E-state index contributed by atoms with van der Waals surface area (Å²) in [6, 6.07) is 16.3. The first-order chi connectivity index (χ1) is 13.7. The first-order valence-electron chi connectivity index (χ1n) is 9.04. The molecule has 1 heterocycles. The van der Waals surface area contributed by atoms with E-state index in [1.165, 1.54) is 6.33 Å². The Balaban J connectivity index is 1.65. The number of rotatable bonds is 8. The molecule has 0 aliphatic carbocycles. The van der Waals surface area contributed by atoms with Gasteiger partial charge < -0.3 is 20.1 Å². The standard InChI is InChI=1S/C21H22N4O3/c1-3-27-17-9-5-15(6-10-17)24-20-13-19(22-14-23-20)21(26)25-16-7-11-18(12-8-16)28-4-2/h5-14H,3-4H2,1-2H3,(H,25,26)(H,22,23,24). The highest BCUT2D eigenvalue weighted by Crippen LogP contribution is 2.20. The van der Waals surface area contributed by atoms with Gasteiger partial charge in [-0.3, -0.25) is 4.79 Å². The van der Waals surface area contributed by atoms with Gasteiger partial charge in [0.1, 0.15) is 29.3 Å². The van der Waals surface area contributed by atoms with Gasteiger partial charge >= 0.3 is 0 Å². The monoisotopic (exact) mass is 378 g/mol. The van der Waals surface area contributed by atoms with Crippen molar-refractivity contribution in [3.63, 3.8) is 0 Å². The summed E-state index contributed by atoms with van der Waals surface area (Å²) < 4.78 is 10.8. The lowest BCUT2D eigenvalue weighted by molar-refractivity contribution is 0.102. The zero-order chi connectivity index (χ0) is 19.8. The molecule has 0 saturated heterocycles. The van der Waals surface area contributed by atoms with Crippen molar-refractivity contribution in [1.29, 1.82) is 0 Å². The molecule has 0 spiro atoms. The minimum atomic E-state index is -0.318. The third kappa shape index (κ3) is 5.20. The number of nitrogens with one attached hydrogen (secondary N) is 2. The highest BCUT2D eigenvalue weighted by atomic mass is 16.5. The smallest absolute Gasteiger partial charge is 0.274 e. The fourth-order valence-corrected chi connectivity index (χ4v) is 2.50. The van der Waals surface area contributed by atoms with Gasteiger partial charge in [-0.1, -0.05) is 0 Å². The van der Waals surface area contributed by atoms with Crippen LogP contribution < -0.4 is 20.1 Å². The predicted octanol–water partition coefficient (Wildman–Crippen LogP) is 4.27. The van der Waals surface area contributed by atoms with Crippen molar-refractivity contribution in [2.75, 3.05) is 23.8 Å². The molecule has 0 fully saturated rings. The normalized spacial score (nSPS) is 10.2. The molecule has 7 heteroatoms. The van der Waals surface area contributed by atoms with Crippen LogP contribution in [0.3, 0.4) is 0 Å². The Hall–Kier alpha value is -3.61. The summed E-state index contributed by atoms with van der Waals surface area (Å²) in [5.74, 6) is 1.76. The van der Waals surface area contributed by atoms with Gasteiger partial charge in [-0.25, -0.2) is 9.97 Å². The Morgan fingerprint density at radius 3 is 2.00 bits per heavy atom. The van der Waals surface area contributed by atoms with Crippen LogP contribution in [-0.4, -0.2) is 29.1 Å². The summed E-state index contributed by atoms with van der Waals surface area (Å²) in [6.45, 7) is 5.07. The maximum Gasteiger partial charge on any atom is 0.274 e. The lowest BCUT2D eigenvalue weighted by atomic mass is 10.2. The summed E-state index contributed by atoms with van der Waals surface area (Å²) >= 11 is 0. The number of aromatic nitrogens is 2. The third-order valence-electron chi connectivity index (χ3n) is 3.76. The maximum atomic E-state index is 12.5. The molecular formula is C21H22N4O3. The molecule has 0 unspecified atom stereocenters. The quantitative estimate of drug-likeness (QED) is 0.609. The number of carbonyl (C=O) groups excluding carboxylic acids is 1. The van der Waals surface area contributed by atoms with Crippen LogP contribution in [0.4, 0.5) is 17.2 Å². The average molecular weight is 378 g/mol. The molecule has 0 aliphatic rings. The van der Waals surface area contributed by atoms with Gasteiger partial charge in [-0.05, 0) is 62.4 Å². The zero-order valence-electron chi connectivity index (χ0n) is 15.8. The van der Waals surface area contributed by atoms with E-state index < -0.39 is 0 Å². The van der Waals surface area contributed by atoms with E-state index >= 15 is 0 Å². The van der Waals surface area contributed by atoms with Gasteiger partial charge in [-0.2, -0.15) is 0 Å². The van der Waals surface area contributed by atoms with Crippen LogP contribution in [0.5, 0.6) is 11.5 Å². The highest BCUT2D eigenvalue weighted by Gasteiger charge is 2.10. The fraction of sp³-hybridized carbons (Fsp3) is 0.190. The van der Waals surface area contributed by atoms with Crippen molar-refractivity contribution in [1.82, 2.24) is 9.97 Å². The number of hydrogen-bond acceptors (Lipinski definition) is 6. The zero-order valence-corrected chi connectivity index (χ0v) is 15.8. The second-order valence-corrected chi connectivity index (χ2v) is 5.78. The van der Waals surface area contributed by atoms with Crippen LogP contribution in [0.25, 0.3) is 0 Å². The van der Waals surface area contributed by atoms with Crippen molar-refractivity contribution >= 4 is 23.1 Å². The summed E-state index contributed by atoms with van der Waals surface area (Å²) in [5, 5.41) is 5.96. The Morgan fingerprint density at radius 2 is 1.43 bits per heavy atom. The van der Waals surface area contributed by atoms with Crippen LogP contribution in [0.15, 0.2) is 60.9 Å². The molecular weight excluding hydrogens is 356 g/mol. The number of ether oxygens (including phenoxy) is 2. The van der Waals surface area contributed by atoms with E-state index in [9.17, 15) is 4.79 Å². The number of carbonyl (C=O) groups is 1. The first-order valence-corrected chi connectivity index (χ1v) is 9.04. The second-order valence-electron chi connectivity index (χ2n) is 5.78. The van der Waals surface area contributed by atoms with Crippen molar-refractivity contribution in [2.24, 2.45) is 0 Å². The lowest BCUT2D eigenvalue weighted by Crippen LogP contribution is -2.14.